The van der Waals surface area contributed by atoms with E-state index in [-0.39, 0.29) is 23.9 Å². The van der Waals surface area contributed by atoms with E-state index in [1.54, 1.807) is 12.1 Å². The molecule has 0 radical (unpaired) electrons. The Hall–Kier alpha value is -1.94. The van der Waals surface area contributed by atoms with Crippen molar-refractivity contribution in [2.45, 2.75) is 18.4 Å². The number of nitrogens with zero attached hydrogens (tertiary/aromatic N) is 1. The number of sulfonamides is 1. The normalized spacial score (nSPS) is 11.4. The largest absolute Gasteiger partial charge is 0.350 e. The first-order valence-corrected chi connectivity index (χ1v) is 10.2. The van der Waals surface area contributed by atoms with Crippen LogP contribution in [0.4, 0.5) is 5.69 Å². The minimum Gasteiger partial charge on any atom is -0.350 e. The van der Waals surface area contributed by atoms with Gasteiger partial charge in [-0.15, -0.1) is 11.3 Å². The first kappa shape index (κ1) is 20.4. The molecule has 0 saturated carbocycles. The number of rotatable bonds is 7. The van der Waals surface area contributed by atoms with Gasteiger partial charge in [0, 0.05) is 24.5 Å². The molecule has 2 amide bonds. The fourth-order valence-corrected chi connectivity index (χ4v) is 4.22. The quantitative estimate of drug-likeness (QED) is 0.725. The highest BCUT2D eigenvalue weighted by molar-refractivity contribution is 7.89. The minimum atomic E-state index is -3.82. The number of amides is 2. The molecule has 0 fully saturated rings. The molecule has 140 valence electrons. The van der Waals surface area contributed by atoms with Crippen molar-refractivity contribution in [3.63, 3.8) is 0 Å². The number of hydrogen-bond acceptors (Lipinski definition) is 5. The summed E-state index contributed by atoms with van der Waals surface area (Å²) in [6.07, 6.45) is 0. The number of halogens is 1. The maximum atomic E-state index is 12.5. The Labute approximate surface area is 161 Å². The highest BCUT2D eigenvalue weighted by Gasteiger charge is 2.22. The lowest BCUT2D eigenvalue weighted by Crippen LogP contribution is -2.38. The highest BCUT2D eigenvalue weighted by Crippen LogP contribution is 2.21. The number of nitrogens with one attached hydrogen (secondary N) is 2. The number of hydrogen-bond donors (Lipinski definition) is 2. The molecule has 0 aliphatic rings. The molecule has 7 nitrogen and oxygen atoms in total. The molecule has 2 rings (SSSR count). The van der Waals surface area contributed by atoms with Gasteiger partial charge in [0.15, 0.2) is 0 Å². The van der Waals surface area contributed by atoms with Crippen molar-refractivity contribution in [2.24, 2.45) is 0 Å². The molecule has 0 spiro atoms. The van der Waals surface area contributed by atoms with E-state index in [1.807, 2.05) is 0 Å². The van der Waals surface area contributed by atoms with Crippen LogP contribution in [0.5, 0.6) is 0 Å². The summed E-state index contributed by atoms with van der Waals surface area (Å²) in [5, 5.41) is 5.22. The SMILES string of the molecule is CC(=O)Nc1ccc(S(=O)(=O)N(C)CC(=O)NCc2ccc(Cl)s2)cc1. The molecule has 0 bridgehead atoms. The van der Waals surface area contributed by atoms with E-state index in [2.05, 4.69) is 10.6 Å². The Morgan fingerprint density at radius 1 is 1.15 bits per heavy atom. The van der Waals surface area contributed by atoms with Gasteiger partial charge in [0.25, 0.3) is 0 Å². The predicted octanol–water partition coefficient (Wildman–Crippen LogP) is 2.30. The maximum absolute atomic E-state index is 12.5. The van der Waals surface area contributed by atoms with Gasteiger partial charge in [-0.1, -0.05) is 11.6 Å². The lowest BCUT2D eigenvalue weighted by molar-refractivity contribution is -0.121. The molecule has 26 heavy (non-hydrogen) atoms. The van der Waals surface area contributed by atoms with E-state index in [0.29, 0.717) is 10.0 Å². The Morgan fingerprint density at radius 2 is 1.81 bits per heavy atom. The standard InChI is InChI=1S/C16H18ClN3O4S2/c1-11(21)19-12-3-6-14(7-4-12)26(23,24)20(2)10-16(22)18-9-13-5-8-15(17)25-13/h3-8H,9-10H2,1-2H3,(H,18,22)(H,19,21). The van der Waals surface area contributed by atoms with Gasteiger partial charge in [-0.05, 0) is 36.4 Å². The van der Waals surface area contributed by atoms with E-state index in [4.69, 9.17) is 11.6 Å². The van der Waals surface area contributed by atoms with Gasteiger partial charge in [-0.3, -0.25) is 9.59 Å². The minimum absolute atomic E-state index is 0.0342. The first-order valence-electron chi connectivity index (χ1n) is 7.53. The average molecular weight is 416 g/mol. The summed E-state index contributed by atoms with van der Waals surface area (Å²) in [7, 11) is -2.48. The average Bonchev–Trinajstić information content (AvgIpc) is 2.98. The number of carbonyl (C=O) groups is 2. The van der Waals surface area contributed by atoms with Crippen LogP contribution < -0.4 is 10.6 Å². The van der Waals surface area contributed by atoms with Crippen molar-refractivity contribution in [3.05, 3.63) is 45.6 Å². The second-order valence-electron chi connectivity index (χ2n) is 5.45. The molecule has 0 aliphatic heterocycles. The molecule has 1 aromatic carbocycles. The van der Waals surface area contributed by atoms with Crippen molar-refractivity contribution in [2.75, 3.05) is 18.9 Å². The van der Waals surface area contributed by atoms with Crippen LogP contribution in [0.15, 0.2) is 41.3 Å². The van der Waals surface area contributed by atoms with Crippen LogP contribution in [0.1, 0.15) is 11.8 Å². The van der Waals surface area contributed by atoms with Crippen molar-refractivity contribution < 1.29 is 18.0 Å². The second kappa shape index (κ2) is 8.63. The number of likely N-dealkylation sites (N-methyl/N-ethyl adjacent to an activating group) is 1. The lowest BCUT2D eigenvalue weighted by atomic mass is 10.3. The van der Waals surface area contributed by atoms with Crippen molar-refractivity contribution in [1.29, 1.82) is 0 Å². The molecule has 1 aromatic heterocycles. The van der Waals surface area contributed by atoms with E-state index in [1.165, 1.54) is 49.6 Å². The van der Waals surface area contributed by atoms with Crippen LogP contribution in [-0.2, 0) is 26.2 Å². The predicted molar refractivity (Wildman–Crippen MR) is 102 cm³/mol. The van der Waals surface area contributed by atoms with Crippen LogP contribution >= 0.6 is 22.9 Å². The topological polar surface area (TPSA) is 95.6 Å². The summed E-state index contributed by atoms with van der Waals surface area (Å²) >= 11 is 7.17. The zero-order chi connectivity index (χ0) is 19.3. The molecule has 0 unspecified atom stereocenters. The summed E-state index contributed by atoms with van der Waals surface area (Å²) in [5.41, 5.74) is 0.492. The van der Waals surface area contributed by atoms with Crippen molar-refractivity contribution >= 4 is 50.5 Å². The van der Waals surface area contributed by atoms with Gasteiger partial charge in [-0.2, -0.15) is 4.31 Å². The number of carbonyl (C=O) groups excluding carboxylic acids is 2. The van der Waals surface area contributed by atoms with Gasteiger partial charge in [0.1, 0.15) is 0 Å². The molecule has 2 aromatic rings. The third-order valence-electron chi connectivity index (χ3n) is 3.34. The number of benzene rings is 1. The van der Waals surface area contributed by atoms with E-state index in [9.17, 15) is 18.0 Å². The number of anilines is 1. The zero-order valence-electron chi connectivity index (χ0n) is 14.2. The van der Waals surface area contributed by atoms with Crippen molar-refractivity contribution in [3.8, 4) is 0 Å². The van der Waals surface area contributed by atoms with Crippen LogP contribution in [0.3, 0.4) is 0 Å². The third kappa shape index (κ3) is 5.53. The molecule has 10 heteroatoms. The molecule has 2 N–H and O–H groups in total. The van der Waals surface area contributed by atoms with Gasteiger partial charge in [0.2, 0.25) is 21.8 Å². The highest BCUT2D eigenvalue weighted by atomic mass is 35.5. The monoisotopic (exact) mass is 415 g/mol. The van der Waals surface area contributed by atoms with E-state index >= 15 is 0 Å². The summed E-state index contributed by atoms with van der Waals surface area (Å²) in [5.74, 6) is -0.670. The van der Waals surface area contributed by atoms with Crippen LogP contribution in [0.2, 0.25) is 4.34 Å². The van der Waals surface area contributed by atoms with Crippen LogP contribution in [0.25, 0.3) is 0 Å². The van der Waals surface area contributed by atoms with Crippen molar-refractivity contribution in [1.82, 2.24) is 9.62 Å². The summed E-state index contributed by atoms with van der Waals surface area (Å²) in [6.45, 7) is 1.34. The maximum Gasteiger partial charge on any atom is 0.243 e. The molecule has 0 saturated heterocycles. The molecular formula is C16H18ClN3O4S2. The molecule has 0 aliphatic carbocycles. The van der Waals surface area contributed by atoms with Gasteiger partial charge >= 0.3 is 0 Å². The lowest BCUT2D eigenvalue weighted by Gasteiger charge is -2.17. The third-order valence-corrected chi connectivity index (χ3v) is 6.39. The Morgan fingerprint density at radius 3 is 2.35 bits per heavy atom. The van der Waals surface area contributed by atoms with Crippen LogP contribution in [-0.4, -0.2) is 38.1 Å². The Bertz CT molecular complexity index is 894. The van der Waals surface area contributed by atoms with Gasteiger partial charge in [0.05, 0.1) is 22.3 Å². The fourth-order valence-electron chi connectivity index (χ4n) is 2.07. The molecule has 1 heterocycles. The van der Waals surface area contributed by atoms with Gasteiger partial charge in [-0.25, -0.2) is 8.42 Å². The summed E-state index contributed by atoms with van der Waals surface area (Å²) < 4.78 is 26.6. The van der Waals surface area contributed by atoms with Crippen LogP contribution in [0, 0.1) is 0 Å². The van der Waals surface area contributed by atoms with E-state index in [0.717, 1.165) is 9.18 Å². The fraction of sp³-hybridized carbons (Fsp3) is 0.250. The number of thiophene rings is 1. The second-order valence-corrected chi connectivity index (χ2v) is 9.29. The zero-order valence-corrected chi connectivity index (χ0v) is 16.5. The molecule has 0 atom stereocenters. The molecular weight excluding hydrogens is 398 g/mol. The Balaban J connectivity index is 1.96. The smallest absolute Gasteiger partial charge is 0.243 e. The van der Waals surface area contributed by atoms with E-state index < -0.39 is 15.9 Å². The first-order chi connectivity index (χ1) is 12.2. The Kier molecular flexibility index (Phi) is 6.76. The summed E-state index contributed by atoms with van der Waals surface area (Å²) in [4.78, 5) is 23.9. The van der Waals surface area contributed by atoms with Gasteiger partial charge < -0.3 is 10.6 Å². The summed E-state index contributed by atoms with van der Waals surface area (Å²) in [6, 6.07) is 9.26.